The molecule has 0 radical (unpaired) electrons. The zero-order chi connectivity index (χ0) is 12.3. The lowest BCUT2D eigenvalue weighted by atomic mass is 10.0. The van der Waals surface area contributed by atoms with Gasteiger partial charge in [-0.3, -0.25) is 9.59 Å². The van der Waals surface area contributed by atoms with Gasteiger partial charge in [0.2, 0.25) is 0 Å². The van der Waals surface area contributed by atoms with Gasteiger partial charge >= 0.3 is 5.97 Å². The summed E-state index contributed by atoms with van der Waals surface area (Å²) in [5.74, 6) is -1.88. The third-order valence-corrected chi connectivity index (χ3v) is 2.75. The average molecular weight is 235 g/mol. The molecule has 5 nitrogen and oxygen atoms in total. The maximum absolute atomic E-state index is 11.8. The van der Waals surface area contributed by atoms with Gasteiger partial charge in [0.25, 0.3) is 5.91 Å². The molecule has 0 bridgehead atoms. The van der Waals surface area contributed by atoms with Crippen LogP contribution in [-0.4, -0.2) is 36.2 Å². The lowest BCUT2D eigenvalue weighted by molar-refractivity contribution is -0.142. The number of aliphatic carboxylic acids is 1. The Hall–Kier alpha value is -1.88. The van der Waals surface area contributed by atoms with Gasteiger partial charge in [-0.2, -0.15) is 0 Å². The van der Waals surface area contributed by atoms with Crippen molar-refractivity contribution in [1.82, 2.24) is 5.32 Å². The Morgan fingerprint density at radius 2 is 1.94 bits per heavy atom. The number of hydrogen-bond acceptors (Lipinski definition) is 3. The quantitative estimate of drug-likeness (QED) is 0.800. The SMILES string of the molecule is O=C(NC1COCC1C(=O)O)c1ccccc1. The summed E-state index contributed by atoms with van der Waals surface area (Å²) in [7, 11) is 0. The van der Waals surface area contributed by atoms with Crippen LogP contribution >= 0.6 is 0 Å². The molecular weight excluding hydrogens is 222 g/mol. The molecule has 2 rings (SSSR count). The Kier molecular flexibility index (Phi) is 3.39. The van der Waals surface area contributed by atoms with Gasteiger partial charge in [-0.05, 0) is 12.1 Å². The van der Waals surface area contributed by atoms with Crippen LogP contribution in [0.15, 0.2) is 30.3 Å². The summed E-state index contributed by atoms with van der Waals surface area (Å²) in [4.78, 5) is 22.7. The second-order valence-corrected chi connectivity index (χ2v) is 3.93. The van der Waals surface area contributed by atoms with Gasteiger partial charge in [-0.15, -0.1) is 0 Å². The number of carboxylic acids is 1. The van der Waals surface area contributed by atoms with Crippen molar-refractivity contribution in [3.8, 4) is 0 Å². The minimum atomic E-state index is -0.944. The highest BCUT2D eigenvalue weighted by atomic mass is 16.5. The molecule has 2 atom stereocenters. The molecule has 1 aromatic carbocycles. The number of carbonyl (C=O) groups is 2. The van der Waals surface area contributed by atoms with Crippen molar-refractivity contribution in [2.24, 2.45) is 5.92 Å². The third kappa shape index (κ3) is 2.62. The smallest absolute Gasteiger partial charge is 0.311 e. The van der Waals surface area contributed by atoms with Crippen LogP contribution in [0, 0.1) is 5.92 Å². The molecule has 0 spiro atoms. The number of rotatable bonds is 3. The van der Waals surface area contributed by atoms with E-state index in [0.717, 1.165) is 0 Å². The van der Waals surface area contributed by atoms with Crippen LogP contribution in [0.4, 0.5) is 0 Å². The summed E-state index contributed by atoms with van der Waals surface area (Å²) < 4.78 is 5.07. The van der Waals surface area contributed by atoms with Gasteiger partial charge in [-0.1, -0.05) is 18.2 Å². The molecule has 0 aliphatic carbocycles. The third-order valence-electron chi connectivity index (χ3n) is 2.75. The Bertz CT molecular complexity index is 418. The van der Waals surface area contributed by atoms with Gasteiger partial charge in [0.05, 0.1) is 19.3 Å². The maximum Gasteiger partial charge on any atom is 0.311 e. The maximum atomic E-state index is 11.8. The largest absolute Gasteiger partial charge is 0.481 e. The van der Waals surface area contributed by atoms with Crippen LogP contribution in [0.2, 0.25) is 0 Å². The van der Waals surface area contributed by atoms with Crippen LogP contribution in [0.1, 0.15) is 10.4 Å². The minimum absolute atomic E-state index is 0.148. The molecule has 0 aromatic heterocycles. The first-order chi connectivity index (χ1) is 8.18. The number of carbonyl (C=O) groups excluding carboxylic acids is 1. The number of ether oxygens (including phenoxy) is 1. The molecular formula is C12H13NO4. The fraction of sp³-hybridized carbons (Fsp3) is 0.333. The van der Waals surface area contributed by atoms with E-state index in [1.54, 1.807) is 24.3 Å². The predicted octanol–water partition coefficient (Wildman–Crippen LogP) is 0.516. The first kappa shape index (κ1) is 11.6. The van der Waals surface area contributed by atoms with Crippen LogP contribution in [0.25, 0.3) is 0 Å². The van der Waals surface area contributed by atoms with E-state index in [2.05, 4.69) is 5.32 Å². The molecule has 1 aliphatic heterocycles. The van der Waals surface area contributed by atoms with Crippen molar-refractivity contribution in [1.29, 1.82) is 0 Å². The molecule has 1 heterocycles. The Morgan fingerprint density at radius 3 is 2.59 bits per heavy atom. The van der Waals surface area contributed by atoms with E-state index >= 15 is 0 Å². The topological polar surface area (TPSA) is 75.6 Å². The molecule has 5 heteroatoms. The van der Waals surface area contributed by atoms with Gasteiger partial charge in [0.15, 0.2) is 0 Å². The summed E-state index contributed by atoms with van der Waals surface area (Å²) >= 11 is 0. The van der Waals surface area contributed by atoms with Gasteiger partial charge in [0.1, 0.15) is 5.92 Å². The van der Waals surface area contributed by atoms with Crippen molar-refractivity contribution in [3.63, 3.8) is 0 Å². The fourth-order valence-electron chi connectivity index (χ4n) is 1.78. The standard InChI is InChI=1S/C12H13NO4/c14-11(8-4-2-1-3-5-8)13-10-7-17-6-9(10)12(15)16/h1-5,9-10H,6-7H2,(H,13,14)(H,15,16). The molecule has 0 saturated carbocycles. The molecule has 1 aromatic rings. The summed E-state index contributed by atoms with van der Waals surface area (Å²) in [5.41, 5.74) is 0.517. The zero-order valence-electron chi connectivity index (χ0n) is 9.13. The monoisotopic (exact) mass is 235 g/mol. The summed E-state index contributed by atoms with van der Waals surface area (Å²) in [5, 5.41) is 11.6. The van der Waals surface area contributed by atoms with Gasteiger partial charge in [0, 0.05) is 5.56 Å². The van der Waals surface area contributed by atoms with E-state index in [-0.39, 0.29) is 19.1 Å². The van der Waals surface area contributed by atoms with Crippen LogP contribution in [-0.2, 0) is 9.53 Å². The van der Waals surface area contributed by atoms with E-state index in [4.69, 9.17) is 9.84 Å². The molecule has 2 N–H and O–H groups in total. The van der Waals surface area contributed by atoms with E-state index in [9.17, 15) is 9.59 Å². The van der Waals surface area contributed by atoms with Crippen molar-refractivity contribution in [2.75, 3.05) is 13.2 Å². The van der Waals surface area contributed by atoms with Crippen LogP contribution in [0.3, 0.4) is 0 Å². The number of hydrogen-bond donors (Lipinski definition) is 2. The van der Waals surface area contributed by atoms with E-state index < -0.39 is 17.9 Å². The Labute approximate surface area is 98.4 Å². The number of amides is 1. The summed E-state index contributed by atoms with van der Waals surface area (Å²) in [6.45, 7) is 0.393. The zero-order valence-corrected chi connectivity index (χ0v) is 9.13. The van der Waals surface area contributed by atoms with Crippen LogP contribution < -0.4 is 5.32 Å². The predicted molar refractivity (Wildman–Crippen MR) is 59.6 cm³/mol. The van der Waals surface area contributed by atoms with E-state index in [0.29, 0.717) is 5.56 Å². The Morgan fingerprint density at radius 1 is 1.24 bits per heavy atom. The second-order valence-electron chi connectivity index (χ2n) is 3.93. The van der Waals surface area contributed by atoms with Crippen molar-refractivity contribution in [2.45, 2.75) is 6.04 Å². The first-order valence-electron chi connectivity index (χ1n) is 5.35. The van der Waals surface area contributed by atoms with Gasteiger partial charge in [-0.25, -0.2) is 0 Å². The minimum Gasteiger partial charge on any atom is -0.481 e. The second kappa shape index (κ2) is 4.97. The van der Waals surface area contributed by atoms with Gasteiger partial charge < -0.3 is 15.2 Å². The highest BCUT2D eigenvalue weighted by Crippen LogP contribution is 2.14. The van der Waals surface area contributed by atoms with Crippen LogP contribution in [0.5, 0.6) is 0 Å². The number of nitrogens with one attached hydrogen (secondary N) is 1. The van der Waals surface area contributed by atoms with E-state index in [1.807, 2.05) is 6.07 Å². The fourth-order valence-corrected chi connectivity index (χ4v) is 1.78. The highest BCUT2D eigenvalue weighted by molar-refractivity contribution is 5.94. The lowest BCUT2D eigenvalue weighted by Crippen LogP contribution is -2.42. The van der Waals surface area contributed by atoms with E-state index in [1.165, 1.54) is 0 Å². The lowest BCUT2D eigenvalue weighted by Gasteiger charge is -2.15. The highest BCUT2D eigenvalue weighted by Gasteiger charge is 2.35. The van der Waals surface area contributed by atoms with Crippen molar-refractivity contribution in [3.05, 3.63) is 35.9 Å². The molecule has 1 fully saturated rings. The molecule has 2 unspecified atom stereocenters. The first-order valence-corrected chi connectivity index (χ1v) is 5.35. The molecule has 90 valence electrons. The number of benzene rings is 1. The molecule has 1 amide bonds. The molecule has 17 heavy (non-hydrogen) atoms. The molecule has 1 saturated heterocycles. The molecule has 1 aliphatic rings. The van der Waals surface area contributed by atoms with Crippen molar-refractivity contribution < 1.29 is 19.4 Å². The number of carboxylic acid groups (broad SMARTS) is 1. The van der Waals surface area contributed by atoms with Crippen molar-refractivity contribution >= 4 is 11.9 Å². The Balaban J connectivity index is 2.02. The summed E-state index contributed by atoms with van der Waals surface area (Å²) in [6.07, 6.45) is 0. The average Bonchev–Trinajstić information content (AvgIpc) is 2.78. The summed E-state index contributed by atoms with van der Waals surface area (Å²) in [6, 6.07) is 8.24. The normalized spacial score (nSPS) is 23.3.